The van der Waals surface area contributed by atoms with Gasteiger partial charge in [-0.25, -0.2) is 0 Å². The lowest BCUT2D eigenvalue weighted by atomic mass is 9.97. The molecule has 2 fully saturated rings. The highest BCUT2D eigenvalue weighted by atomic mass is 16.2. The fourth-order valence-corrected chi connectivity index (χ4v) is 4.35. The Hall–Kier alpha value is -2.08. The molecular weight excluding hydrogens is 328 g/mol. The number of carbonyl (C=O) groups is 2. The van der Waals surface area contributed by atoms with Crippen LogP contribution in [0.3, 0.4) is 0 Å². The Kier molecular flexibility index (Phi) is 5.11. The highest BCUT2D eigenvalue weighted by molar-refractivity contribution is 6.05. The molecule has 2 saturated heterocycles. The maximum atomic E-state index is 12.4. The number of piperidine rings is 1. The van der Waals surface area contributed by atoms with Crippen LogP contribution in [0.25, 0.3) is 0 Å². The quantitative estimate of drug-likeness (QED) is 0.794. The molecular formula is C20H28N4O2. The molecule has 1 unspecified atom stereocenters. The maximum absolute atomic E-state index is 12.4. The van der Waals surface area contributed by atoms with E-state index in [0.29, 0.717) is 12.1 Å². The lowest BCUT2D eigenvalue weighted by molar-refractivity contribution is -0.118. The molecule has 3 aliphatic heterocycles. The second kappa shape index (κ2) is 7.66. The van der Waals surface area contributed by atoms with Crippen molar-refractivity contribution in [2.75, 3.05) is 42.9 Å². The number of hydrogen-bond acceptors (Lipinski definition) is 4. The third-order valence-electron chi connectivity index (χ3n) is 5.77. The number of carbonyl (C=O) groups excluding carboxylic acids is 2. The van der Waals surface area contributed by atoms with Gasteiger partial charge in [-0.05, 0) is 76.4 Å². The fraction of sp³-hybridized carbons (Fsp3) is 0.600. The summed E-state index contributed by atoms with van der Waals surface area (Å²) in [6.45, 7) is 5.03. The van der Waals surface area contributed by atoms with Crippen LogP contribution in [0.4, 0.5) is 11.4 Å². The van der Waals surface area contributed by atoms with Crippen molar-refractivity contribution in [2.45, 2.75) is 44.6 Å². The molecule has 0 spiro atoms. The molecule has 1 aromatic rings. The molecule has 2 N–H and O–H groups in total. The zero-order chi connectivity index (χ0) is 17.9. The van der Waals surface area contributed by atoms with Gasteiger partial charge in [-0.2, -0.15) is 0 Å². The van der Waals surface area contributed by atoms with E-state index < -0.39 is 0 Å². The molecule has 0 aliphatic carbocycles. The van der Waals surface area contributed by atoms with E-state index in [-0.39, 0.29) is 17.9 Å². The van der Waals surface area contributed by atoms with E-state index in [9.17, 15) is 9.59 Å². The van der Waals surface area contributed by atoms with Gasteiger partial charge in [-0.3, -0.25) is 9.59 Å². The smallest absolute Gasteiger partial charge is 0.251 e. The molecule has 140 valence electrons. The molecule has 0 aromatic heterocycles. The maximum Gasteiger partial charge on any atom is 0.251 e. The van der Waals surface area contributed by atoms with E-state index >= 15 is 0 Å². The van der Waals surface area contributed by atoms with Crippen molar-refractivity contribution in [3.8, 4) is 0 Å². The van der Waals surface area contributed by atoms with Gasteiger partial charge in [0.1, 0.15) is 6.04 Å². The zero-order valence-corrected chi connectivity index (χ0v) is 15.3. The molecule has 0 radical (unpaired) electrons. The molecule has 26 heavy (non-hydrogen) atoms. The minimum Gasteiger partial charge on any atom is -0.358 e. The first kappa shape index (κ1) is 17.3. The molecule has 1 atom stereocenters. The Bertz CT molecular complexity index is 684. The predicted octanol–water partition coefficient (Wildman–Crippen LogP) is 2.21. The molecule has 4 rings (SSSR count). The molecule has 0 bridgehead atoms. The van der Waals surface area contributed by atoms with Crippen molar-refractivity contribution in [3.63, 3.8) is 0 Å². The van der Waals surface area contributed by atoms with Gasteiger partial charge < -0.3 is 20.4 Å². The monoisotopic (exact) mass is 356 g/mol. The number of fused-ring (bicyclic) bond motifs is 3. The summed E-state index contributed by atoms with van der Waals surface area (Å²) in [4.78, 5) is 29.4. The van der Waals surface area contributed by atoms with Gasteiger partial charge in [0.25, 0.3) is 5.91 Å². The number of likely N-dealkylation sites (tertiary alicyclic amines) is 1. The first-order valence-electron chi connectivity index (χ1n) is 9.94. The van der Waals surface area contributed by atoms with Crippen LogP contribution in [-0.2, 0) is 4.79 Å². The predicted molar refractivity (Wildman–Crippen MR) is 103 cm³/mol. The van der Waals surface area contributed by atoms with Crippen LogP contribution < -0.4 is 15.5 Å². The van der Waals surface area contributed by atoms with Crippen LogP contribution in [0.1, 0.15) is 48.9 Å². The highest BCUT2D eigenvalue weighted by Crippen LogP contribution is 2.36. The van der Waals surface area contributed by atoms with E-state index in [1.54, 1.807) is 0 Å². The number of nitrogens with zero attached hydrogens (tertiary/aromatic N) is 2. The normalized spacial score (nSPS) is 22.5. The Balaban J connectivity index is 1.36. The van der Waals surface area contributed by atoms with Crippen molar-refractivity contribution in [1.29, 1.82) is 0 Å². The molecule has 2 amide bonds. The molecule has 6 nitrogen and oxygen atoms in total. The van der Waals surface area contributed by atoms with Crippen LogP contribution in [0.15, 0.2) is 18.2 Å². The summed E-state index contributed by atoms with van der Waals surface area (Å²) in [6.07, 6.45) is 6.69. The van der Waals surface area contributed by atoms with Gasteiger partial charge in [0, 0.05) is 18.7 Å². The number of rotatable bonds is 5. The Morgan fingerprint density at radius 1 is 1.15 bits per heavy atom. The van der Waals surface area contributed by atoms with Gasteiger partial charge in [0.2, 0.25) is 5.91 Å². The summed E-state index contributed by atoms with van der Waals surface area (Å²) in [5.41, 5.74) is 2.42. The van der Waals surface area contributed by atoms with Crippen LogP contribution in [0, 0.1) is 0 Å². The minimum atomic E-state index is -0.0655. The summed E-state index contributed by atoms with van der Waals surface area (Å²) < 4.78 is 0. The number of anilines is 2. The summed E-state index contributed by atoms with van der Waals surface area (Å²) >= 11 is 0. The highest BCUT2D eigenvalue weighted by Gasteiger charge is 2.34. The Labute approximate surface area is 154 Å². The SMILES string of the molecule is O=C(NCCCN1CCCC1)c1ccc2c(c1)NC(=O)C1CCCCN21. The van der Waals surface area contributed by atoms with E-state index in [1.807, 2.05) is 18.2 Å². The largest absolute Gasteiger partial charge is 0.358 e. The van der Waals surface area contributed by atoms with Gasteiger partial charge in [0.15, 0.2) is 0 Å². The topological polar surface area (TPSA) is 64.7 Å². The average molecular weight is 356 g/mol. The van der Waals surface area contributed by atoms with Gasteiger partial charge >= 0.3 is 0 Å². The Morgan fingerprint density at radius 3 is 2.81 bits per heavy atom. The van der Waals surface area contributed by atoms with Crippen molar-refractivity contribution in [1.82, 2.24) is 10.2 Å². The van der Waals surface area contributed by atoms with Crippen LogP contribution in [0.5, 0.6) is 0 Å². The lowest BCUT2D eigenvalue weighted by Crippen LogP contribution is -2.50. The van der Waals surface area contributed by atoms with Gasteiger partial charge in [-0.1, -0.05) is 0 Å². The fourth-order valence-electron chi connectivity index (χ4n) is 4.35. The summed E-state index contributed by atoms with van der Waals surface area (Å²) in [6, 6.07) is 5.61. The van der Waals surface area contributed by atoms with Crippen LogP contribution in [0.2, 0.25) is 0 Å². The molecule has 3 aliphatic rings. The van der Waals surface area contributed by atoms with E-state index in [2.05, 4.69) is 20.4 Å². The van der Waals surface area contributed by atoms with Gasteiger partial charge in [0.05, 0.1) is 11.4 Å². The summed E-state index contributed by atoms with van der Waals surface area (Å²) in [7, 11) is 0. The van der Waals surface area contributed by atoms with Crippen LogP contribution >= 0.6 is 0 Å². The van der Waals surface area contributed by atoms with Crippen LogP contribution in [-0.4, -0.2) is 55.5 Å². The molecule has 1 aromatic carbocycles. The zero-order valence-electron chi connectivity index (χ0n) is 15.3. The molecule has 6 heteroatoms. The summed E-state index contributed by atoms with van der Waals surface area (Å²) in [5.74, 6) is -0.00962. The first-order chi connectivity index (χ1) is 12.7. The van der Waals surface area contributed by atoms with Crippen molar-refractivity contribution >= 4 is 23.2 Å². The second-order valence-corrected chi connectivity index (χ2v) is 7.58. The number of nitrogens with one attached hydrogen (secondary N) is 2. The molecule has 0 saturated carbocycles. The third-order valence-corrected chi connectivity index (χ3v) is 5.77. The molecule has 3 heterocycles. The van der Waals surface area contributed by atoms with Crippen molar-refractivity contribution in [2.24, 2.45) is 0 Å². The second-order valence-electron chi connectivity index (χ2n) is 7.58. The number of amides is 2. The van der Waals surface area contributed by atoms with Crippen molar-refractivity contribution in [3.05, 3.63) is 23.8 Å². The van der Waals surface area contributed by atoms with Gasteiger partial charge in [-0.15, -0.1) is 0 Å². The van der Waals surface area contributed by atoms with E-state index in [1.165, 1.54) is 25.9 Å². The summed E-state index contributed by atoms with van der Waals surface area (Å²) in [5, 5.41) is 6.00. The third kappa shape index (κ3) is 3.56. The van der Waals surface area contributed by atoms with Crippen molar-refractivity contribution < 1.29 is 9.59 Å². The first-order valence-corrected chi connectivity index (χ1v) is 9.94. The minimum absolute atomic E-state index is 0.0542. The average Bonchev–Trinajstić information content (AvgIpc) is 3.18. The van der Waals surface area contributed by atoms with E-state index in [4.69, 9.17) is 0 Å². The lowest BCUT2D eigenvalue weighted by Gasteiger charge is -2.41. The Morgan fingerprint density at radius 2 is 1.96 bits per heavy atom. The number of benzene rings is 1. The van der Waals surface area contributed by atoms with E-state index in [0.717, 1.165) is 50.1 Å². The standard InChI is InChI=1S/C20H28N4O2/c25-19(21-9-5-12-23-10-3-4-11-23)15-7-8-17-16(14-15)22-20(26)18-6-1-2-13-24(17)18/h7-8,14,18H,1-6,9-13H2,(H,21,25)(H,22,26). The number of hydrogen-bond donors (Lipinski definition) is 2.